The summed E-state index contributed by atoms with van der Waals surface area (Å²) in [5.74, 6) is 0. The highest BCUT2D eigenvalue weighted by Gasteiger charge is 2.14. The Labute approximate surface area is 103 Å². The first-order valence-corrected chi connectivity index (χ1v) is 5.92. The first-order chi connectivity index (χ1) is 8.75. The second kappa shape index (κ2) is 4.49. The summed E-state index contributed by atoms with van der Waals surface area (Å²) in [6, 6.07) is 3.10. The van der Waals surface area contributed by atoms with Crippen LogP contribution in [0.4, 0.5) is 8.78 Å². The molecule has 1 aliphatic rings. The molecule has 1 aliphatic heterocycles. The molecule has 5 heteroatoms. The molecule has 0 radical (unpaired) electrons. The molecule has 0 unspecified atom stereocenters. The molecule has 0 aliphatic carbocycles. The summed E-state index contributed by atoms with van der Waals surface area (Å²) in [4.78, 5) is 6.90. The largest absolute Gasteiger partial charge is 0.346 e. The van der Waals surface area contributed by atoms with Crippen LogP contribution in [0.15, 0.2) is 24.4 Å². The van der Waals surface area contributed by atoms with Gasteiger partial charge < -0.3 is 10.3 Å². The first-order valence-electron chi connectivity index (χ1n) is 5.92. The third-order valence-corrected chi connectivity index (χ3v) is 3.16. The van der Waals surface area contributed by atoms with Crippen molar-refractivity contribution in [3.8, 4) is 0 Å². The number of hydrogen-bond acceptors (Lipinski definition) is 2. The summed E-state index contributed by atoms with van der Waals surface area (Å²) in [5, 5.41) is 4.19. The van der Waals surface area contributed by atoms with Crippen LogP contribution in [0.1, 0.15) is 24.1 Å². The number of alkyl halides is 2. The number of aromatic nitrogens is 2. The van der Waals surface area contributed by atoms with Crippen LogP contribution in [0.2, 0.25) is 0 Å². The Morgan fingerprint density at radius 1 is 1.28 bits per heavy atom. The number of hydrogen-bond donors (Lipinski definition) is 2. The van der Waals surface area contributed by atoms with Gasteiger partial charge in [0.05, 0.1) is 0 Å². The van der Waals surface area contributed by atoms with Crippen molar-refractivity contribution in [1.29, 1.82) is 0 Å². The van der Waals surface area contributed by atoms with Crippen LogP contribution in [0.25, 0.3) is 16.6 Å². The SMILES string of the molecule is FC(F)c1ccc2c(C3=CCCNC3)c[nH]c2n1. The molecule has 2 aromatic heterocycles. The lowest BCUT2D eigenvalue weighted by molar-refractivity contribution is 0.146. The molecule has 0 amide bonds. The molecule has 18 heavy (non-hydrogen) atoms. The maximum atomic E-state index is 12.6. The molecule has 3 rings (SSSR count). The van der Waals surface area contributed by atoms with E-state index in [0.29, 0.717) is 5.65 Å². The van der Waals surface area contributed by atoms with Gasteiger partial charge in [-0.25, -0.2) is 13.8 Å². The lowest BCUT2D eigenvalue weighted by atomic mass is 10.0. The number of fused-ring (bicyclic) bond motifs is 1. The number of pyridine rings is 1. The fraction of sp³-hybridized carbons (Fsp3) is 0.308. The van der Waals surface area contributed by atoms with Crippen molar-refractivity contribution < 1.29 is 8.78 Å². The average molecular weight is 249 g/mol. The van der Waals surface area contributed by atoms with Crippen LogP contribution in [-0.4, -0.2) is 23.1 Å². The number of halogens is 2. The third-order valence-electron chi connectivity index (χ3n) is 3.16. The maximum Gasteiger partial charge on any atom is 0.280 e. The highest BCUT2D eigenvalue weighted by Crippen LogP contribution is 2.27. The Bertz CT molecular complexity index is 601. The van der Waals surface area contributed by atoms with Crippen LogP contribution in [0.5, 0.6) is 0 Å². The highest BCUT2D eigenvalue weighted by atomic mass is 19.3. The third kappa shape index (κ3) is 1.90. The van der Waals surface area contributed by atoms with E-state index in [-0.39, 0.29) is 5.69 Å². The zero-order valence-electron chi connectivity index (χ0n) is 9.71. The van der Waals surface area contributed by atoms with Gasteiger partial charge in [0, 0.05) is 23.7 Å². The molecule has 0 aromatic carbocycles. The molecular formula is C13H13F2N3. The molecule has 0 saturated heterocycles. The van der Waals surface area contributed by atoms with Gasteiger partial charge >= 0.3 is 0 Å². The second-order valence-electron chi connectivity index (χ2n) is 4.33. The van der Waals surface area contributed by atoms with Crippen LogP contribution in [0, 0.1) is 0 Å². The Morgan fingerprint density at radius 2 is 2.17 bits per heavy atom. The summed E-state index contributed by atoms with van der Waals surface area (Å²) in [5.41, 5.74) is 2.57. The summed E-state index contributed by atoms with van der Waals surface area (Å²) in [6.45, 7) is 1.79. The number of H-pyrrole nitrogens is 1. The smallest absolute Gasteiger partial charge is 0.280 e. The van der Waals surface area contributed by atoms with Crippen molar-refractivity contribution in [2.24, 2.45) is 0 Å². The van der Waals surface area contributed by atoms with Crippen LogP contribution in [0.3, 0.4) is 0 Å². The number of aromatic amines is 1. The highest BCUT2D eigenvalue weighted by molar-refractivity contribution is 5.91. The fourth-order valence-corrected chi connectivity index (χ4v) is 2.26. The van der Waals surface area contributed by atoms with E-state index in [1.54, 1.807) is 6.07 Å². The minimum Gasteiger partial charge on any atom is -0.346 e. The van der Waals surface area contributed by atoms with Crippen LogP contribution in [-0.2, 0) is 0 Å². The van der Waals surface area contributed by atoms with Crippen LogP contribution < -0.4 is 5.32 Å². The van der Waals surface area contributed by atoms with Crippen LogP contribution >= 0.6 is 0 Å². The van der Waals surface area contributed by atoms with Crippen molar-refractivity contribution in [2.75, 3.05) is 13.1 Å². The van der Waals surface area contributed by atoms with E-state index >= 15 is 0 Å². The van der Waals surface area contributed by atoms with Gasteiger partial charge in [-0.2, -0.15) is 0 Å². The molecule has 2 N–H and O–H groups in total. The fourth-order valence-electron chi connectivity index (χ4n) is 2.26. The molecule has 0 fully saturated rings. The van der Waals surface area contributed by atoms with Crippen molar-refractivity contribution in [3.63, 3.8) is 0 Å². The summed E-state index contributed by atoms with van der Waals surface area (Å²) in [6.07, 6.45) is 2.48. The molecule has 94 valence electrons. The molecule has 0 bridgehead atoms. The topological polar surface area (TPSA) is 40.7 Å². The molecule has 3 heterocycles. The number of rotatable bonds is 2. The van der Waals surface area contributed by atoms with E-state index in [1.165, 1.54) is 11.6 Å². The Hall–Kier alpha value is -1.75. The van der Waals surface area contributed by atoms with E-state index in [9.17, 15) is 8.78 Å². The van der Waals surface area contributed by atoms with E-state index in [1.807, 2.05) is 6.20 Å². The molecule has 3 nitrogen and oxygen atoms in total. The monoisotopic (exact) mass is 249 g/mol. The van der Waals surface area contributed by atoms with E-state index in [4.69, 9.17) is 0 Å². The molecule has 0 spiro atoms. The van der Waals surface area contributed by atoms with Gasteiger partial charge in [-0.05, 0) is 30.7 Å². The summed E-state index contributed by atoms with van der Waals surface area (Å²) in [7, 11) is 0. The van der Waals surface area contributed by atoms with Crippen molar-refractivity contribution in [3.05, 3.63) is 35.7 Å². The van der Waals surface area contributed by atoms with Crippen molar-refractivity contribution >= 4 is 16.6 Å². The summed E-state index contributed by atoms with van der Waals surface area (Å²) < 4.78 is 25.1. The molecule has 2 aromatic rings. The molecular weight excluding hydrogens is 236 g/mol. The minimum absolute atomic E-state index is 0.188. The van der Waals surface area contributed by atoms with Gasteiger partial charge in [0.25, 0.3) is 6.43 Å². The van der Waals surface area contributed by atoms with Crippen molar-refractivity contribution in [1.82, 2.24) is 15.3 Å². The Kier molecular flexibility index (Phi) is 2.83. The van der Waals surface area contributed by atoms with E-state index in [0.717, 1.165) is 30.5 Å². The van der Waals surface area contributed by atoms with Gasteiger partial charge in [-0.3, -0.25) is 0 Å². The van der Waals surface area contributed by atoms with Gasteiger partial charge in [0.15, 0.2) is 0 Å². The molecule has 0 saturated carbocycles. The van der Waals surface area contributed by atoms with Gasteiger partial charge in [0.2, 0.25) is 0 Å². The van der Waals surface area contributed by atoms with Gasteiger partial charge in [-0.1, -0.05) is 6.08 Å². The predicted molar refractivity (Wildman–Crippen MR) is 66.5 cm³/mol. The lowest BCUT2D eigenvalue weighted by Gasteiger charge is -2.13. The lowest BCUT2D eigenvalue weighted by Crippen LogP contribution is -2.21. The Balaban J connectivity index is 2.07. The van der Waals surface area contributed by atoms with E-state index in [2.05, 4.69) is 21.4 Å². The predicted octanol–water partition coefficient (Wildman–Crippen LogP) is 2.88. The minimum atomic E-state index is -2.53. The molecule has 0 atom stereocenters. The normalized spacial score (nSPS) is 16.3. The standard InChI is InChI=1S/C13H13F2N3/c14-12(15)11-4-3-9-10(7-17-13(9)18-11)8-2-1-5-16-6-8/h2-4,7,12,16H,1,5-6H2,(H,17,18). The van der Waals surface area contributed by atoms with Crippen molar-refractivity contribution in [2.45, 2.75) is 12.8 Å². The van der Waals surface area contributed by atoms with Gasteiger partial charge in [-0.15, -0.1) is 0 Å². The average Bonchev–Trinajstić information content (AvgIpc) is 2.82. The number of nitrogens with zero attached hydrogens (tertiary/aromatic N) is 1. The first kappa shape index (κ1) is 11.3. The van der Waals surface area contributed by atoms with E-state index < -0.39 is 6.43 Å². The summed E-state index contributed by atoms with van der Waals surface area (Å²) >= 11 is 0. The maximum absolute atomic E-state index is 12.6. The zero-order chi connectivity index (χ0) is 12.5. The Morgan fingerprint density at radius 3 is 2.89 bits per heavy atom. The zero-order valence-corrected chi connectivity index (χ0v) is 9.71. The quantitative estimate of drug-likeness (QED) is 0.859. The second-order valence-corrected chi connectivity index (χ2v) is 4.33. The number of nitrogens with one attached hydrogen (secondary N) is 2. The van der Waals surface area contributed by atoms with Gasteiger partial charge in [0.1, 0.15) is 11.3 Å².